The highest BCUT2D eigenvalue weighted by Crippen LogP contribution is 1.97. The molecule has 0 fully saturated rings. The van der Waals surface area contributed by atoms with Crippen LogP contribution in [0.2, 0.25) is 0 Å². The van der Waals surface area contributed by atoms with Gasteiger partial charge in [-0.1, -0.05) is 13.8 Å². The van der Waals surface area contributed by atoms with Crippen LogP contribution in [0.5, 0.6) is 0 Å². The SMILES string of the molecule is CC(C)C(N)C(=O)NCC(=O)NCC(=O)NCC(=O)O. The second-order valence-electron chi connectivity index (χ2n) is 4.43. The van der Waals surface area contributed by atoms with Crippen LogP contribution in [0.3, 0.4) is 0 Å². The summed E-state index contributed by atoms with van der Waals surface area (Å²) < 4.78 is 0. The highest BCUT2D eigenvalue weighted by Gasteiger charge is 2.17. The van der Waals surface area contributed by atoms with E-state index in [-0.39, 0.29) is 19.0 Å². The van der Waals surface area contributed by atoms with Crippen LogP contribution in [0, 0.1) is 5.92 Å². The van der Waals surface area contributed by atoms with Crippen molar-refractivity contribution in [3.63, 3.8) is 0 Å². The molecule has 0 bridgehead atoms. The Labute approximate surface area is 116 Å². The molecule has 20 heavy (non-hydrogen) atoms. The first-order valence-corrected chi connectivity index (χ1v) is 6.02. The summed E-state index contributed by atoms with van der Waals surface area (Å²) in [4.78, 5) is 44.0. The maximum Gasteiger partial charge on any atom is 0.322 e. The summed E-state index contributed by atoms with van der Waals surface area (Å²) in [5.41, 5.74) is 5.57. The first kappa shape index (κ1) is 17.8. The van der Waals surface area contributed by atoms with Crippen molar-refractivity contribution in [2.75, 3.05) is 19.6 Å². The van der Waals surface area contributed by atoms with Crippen molar-refractivity contribution in [3.05, 3.63) is 0 Å². The van der Waals surface area contributed by atoms with Crippen LogP contribution in [0.15, 0.2) is 0 Å². The summed E-state index contributed by atoms with van der Waals surface area (Å²) in [6, 6.07) is -0.707. The van der Waals surface area contributed by atoms with Crippen molar-refractivity contribution >= 4 is 23.7 Å². The molecule has 0 radical (unpaired) electrons. The van der Waals surface area contributed by atoms with Gasteiger partial charge in [-0.25, -0.2) is 0 Å². The fraction of sp³-hybridized carbons (Fsp3) is 0.636. The summed E-state index contributed by atoms with van der Waals surface area (Å²) in [6.45, 7) is 2.37. The van der Waals surface area contributed by atoms with Crippen LogP contribution in [0.25, 0.3) is 0 Å². The molecule has 0 heterocycles. The van der Waals surface area contributed by atoms with Crippen molar-refractivity contribution in [1.29, 1.82) is 0 Å². The maximum absolute atomic E-state index is 11.4. The minimum atomic E-state index is -1.18. The van der Waals surface area contributed by atoms with E-state index in [1.807, 2.05) is 0 Å². The van der Waals surface area contributed by atoms with E-state index in [1.54, 1.807) is 13.8 Å². The Hall–Kier alpha value is -2.16. The quantitative estimate of drug-likeness (QED) is 0.330. The van der Waals surface area contributed by atoms with E-state index in [4.69, 9.17) is 10.8 Å². The lowest BCUT2D eigenvalue weighted by molar-refractivity contribution is -0.137. The summed E-state index contributed by atoms with van der Waals surface area (Å²) in [7, 11) is 0. The molecule has 1 unspecified atom stereocenters. The third-order valence-corrected chi connectivity index (χ3v) is 2.33. The van der Waals surface area contributed by atoms with E-state index in [9.17, 15) is 19.2 Å². The molecule has 0 aromatic rings. The number of carboxylic acids is 1. The number of aliphatic carboxylic acids is 1. The molecule has 0 aromatic heterocycles. The standard InChI is InChI=1S/C11H20N4O5/c1-6(2)10(12)11(20)15-4-8(17)13-3-7(16)14-5-9(18)19/h6,10H,3-5,12H2,1-2H3,(H,13,17)(H,14,16)(H,15,20)(H,18,19). The molecular weight excluding hydrogens is 268 g/mol. The van der Waals surface area contributed by atoms with Gasteiger partial charge in [0, 0.05) is 0 Å². The number of hydrogen-bond donors (Lipinski definition) is 5. The molecule has 9 nitrogen and oxygen atoms in total. The van der Waals surface area contributed by atoms with Crippen molar-refractivity contribution < 1.29 is 24.3 Å². The Morgan fingerprint density at radius 3 is 1.85 bits per heavy atom. The van der Waals surface area contributed by atoms with Crippen LogP contribution in [-0.2, 0) is 19.2 Å². The van der Waals surface area contributed by atoms with Gasteiger partial charge in [0.2, 0.25) is 17.7 Å². The number of nitrogens with one attached hydrogen (secondary N) is 3. The number of hydrogen-bond acceptors (Lipinski definition) is 5. The minimum absolute atomic E-state index is 0.0557. The summed E-state index contributed by atoms with van der Waals surface area (Å²) in [5.74, 6) is -2.89. The van der Waals surface area contributed by atoms with Crippen LogP contribution in [0.1, 0.15) is 13.8 Å². The number of amides is 3. The molecule has 0 saturated heterocycles. The van der Waals surface area contributed by atoms with E-state index in [0.29, 0.717) is 0 Å². The van der Waals surface area contributed by atoms with Gasteiger partial charge in [0.25, 0.3) is 0 Å². The van der Waals surface area contributed by atoms with Gasteiger partial charge in [0.15, 0.2) is 0 Å². The van der Waals surface area contributed by atoms with Crippen LogP contribution < -0.4 is 21.7 Å². The van der Waals surface area contributed by atoms with Gasteiger partial charge < -0.3 is 26.8 Å². The number of carbonyl (C=O) groups excluding carboxylic acids is 3. The Bertz CT molecular complexity index is 383. The second kappa shape index (κ2) is 8.86. The fourth-order valence-electron chi connectivity index (χ4n) is 1.07. The highest BCUT2D eigenvalue weighted by molar-refractivity contribution is 5.90. The van der Waals surface area contributed by atoms with Gasteiger partial charge in [0.05, 0.1) is 19.1 Å². The Morgan fingerprint density at radius 2 is 1.40 bits per heavy atom. The summed E-state index contributed by atoms with van der Waals surface area (Å²) in [6.07, 6.45) is 0. The van der Waals surface area contributed by atoms with Gasteiger partial charge >= 0.3 is 5.97 Å². The topological polar surface area (TPSA) is 151 Å². The maximum atomic E-state index is 11.4. The smallest absolute Gasteiger partial charge is 0.322 e. The van der Waals surface area contributed by atoms with Crippen molar-refractivity contribution in [2.45, 2.75) is 19.9 Å². The molecule has 0 aliphatic rings. The lowest BCUT2D eigenvalue weighted by Crippen LogP contribution is -2.48. The van der Waals surface area contributed by atoms with Gasteiger partial charge in [-0.2, -0.15) is 0 Å². The summed E-state index contributed by atoms with van der Waals surface area (Å²) in [5, 5.41) is 15.0. The van der Waals surface area contributed by atoms with E-state index < -0.39 is 36.3 Å². The predicted octanol–water partition coefficient (Wildman–Crippen LogP) is -2.60. The number of nitrogens with two attached hydrogens (primary N) is 1. The van der Waals surface area contributed by atoms with Crippen molar-refractivity contribution in [3.8, 4) is 0 Å². The molecule has 0 aliphatic carbocycles. The lowest BCUT2D eigenvalue weighted by Gasteiger charge is -2.15. The molecule has 0 aliphatic heterocycles. The van der Waals surface area contributed by atoms with Crippen molar-refractivity contribution in [1.82, 2.24) is 16.0 Å². The minimum Gasteiger partial charge on any atom is -0.480 e. The number of carbonyl (C=O) groups is 4. The molecule has 0 rings (SSSR count). The normalized spacial score (nSPS) is 11.6. The molecule has 0 saturated carbocycles. The van der Waals surface area contributed by atoms with Crippen molar-refractivity contribution in [2.24, 2.45) is 11.7 Å². The van der Waals surface area contributed by atoms with Crippen LogP contribution in [0.4, 0.5) is 0 Å². The first-order chi connectivity index (χ1) is 9.23. The largest absolute Gasteiger partial charge is 0.480 e. The third kappa shape index (κ3) is 8.03. The number of rotatable bonds is 8. The second-order valence-corrected chi connectivity index (χ2v) is 4.43. The first-order valence-electron chi connectivity index (χ1n) is 6.02. The van der Waals surface area contributed by atoms with Gasteiger partial charge in [-0.3, -0.25) is 19.2 Å². The highest BCUT2D eigenvalue weighted by atomic mass is 16.4. The molecule has 0 spiro atoms. The fourth-order valence-corrected chi connectivity index (χ4v) is 1.07. The van der Waals surface area contributed by atoms with Gasteiger partial charge in [-0.15, -0.1) is 0 Å². The summed E-state index contributed by atoms with van der Waals surface area (Å²) >= 11 is 0. The van der Waals surface area contributed by atoms with Gasteiger partial charge in [0.1, 0.15) is 6.54 Å². The van der Waals surface area contributed by atoms with Crippen LogP contribution in [-0.4, -0.2) is 54.5 Å². The zero-order valence-corrected chi connectivity index (χ0v) is 11.4. The Morgan fingerprint density at radius 1 is 0.950 bits per heavy atom. The van der Waals surface area contributed by atoms with E-state index in [2.05, 4.69) is 16.0 Å². The predicted molar refractivity (Wildman–Crippen MR) is 69.5 cm³/mol. The lowest BCUT2D eigenvalue weighted by atomic mass is 10.1. The van der Waals surface area contributed by atoms with E-state index >= 15 is 0 Å². The zero-order valence-electron chi connectivity index (χ0n) is 11.4. The molecule has 1 atom stereocenters. The van der Waals surface area contributed by atoms with E-state index in [1.165, 1.54) is 0 Å². The molecule has 6 N–H and O–H groups in total. The van der Waals surface area contributed by atoms with Crippen LogP contribution >= 0.6 is 0 Å². The average Bonchev–Trinajstić information content (AvgIpc) is 2.38. The molecule has 9 heteroatoms. The molecule has 114 valence electrons. The Balaban J connectivity index is 3.87. The average molecular weight is 288 g/mol. The molecular formula is C11H20N4O5. The Kier molecular flexibility index (Phi) is 7.90. The third-order valence-electron chi connectivity index (χ3n) is 2.33. The van der Waals surface area contributed by atoms with E-state index in [0.717, 1.165) is 0 Å². The number of carboxylic acid groups (broad SMARTS) is 1. The monoisotopic (exact) mass is 288 g/mol. The zero-order chi connectivity index (χ0) is 15.7. The van der Waals surface area contributed by atoms with Gasteiger partial charge in [-0.05, 0) is 5.92 Å². The molecule has 0 aromatic carbocycles. The molecule has 3 amide bonds.